The number of carbonyl (C=O) groups excluding carboxylic acids is 2. The SMILES string of the molecule is CCOC(=O)NC1N=C(c2ccc(F)cc2)c2ccccc2NC1=O. The molecule has 7 heteroatoms. The summed E-state index contributed by atoms with van der Waals surface area (Å²) in [4.78, 5) is 28.5. The van der Waals surface area contributed by atoms with Crippen LogP contribution < -0.4 is 10.6 Å². The first-order valence-electron chi connectivity index (χ1n) is 7.76. The Morgan fingerprint density at radius 1 is 1.24 bits per heavy atom. The van der Waals surface area contributed by atoms with E-state index in [-0.39, 0.29) is 12.4 Å². The summed E-state index contributed by atoms with van der Waals surface area (Å²) in [5, 5.41) is 5.15. The number of alkyl carbamates (subject to hydrolysis) is 1. The van der Waals surface area contributed by atoms with Crippen molar-refractivity contribution < 1.29 is 18.7 Å². The van der Waals surface area contributed by atoms with Gasteiger partial charge in [-0.1, -0.05) is 18.2 Å². The van der Waals surface area contributed by atoms with Crippen LogP contribution in [0.4, 0.5) is 14.9 Å². The molecule has 25 heavy (non-hydrogen) atoms. The van der Waals surface area contributed by atoms with Crippen LogP contribution in [-0.4, -0.2) is 30.5 Å². The van der Waals surface area contributed by atoms with Crippen LogP contribution in [0, 0.1) is 5.82 Å². The number of nitrogens with one attached hydrogen (secondary N) is 2. The first-order chi connectivity index (χ1) is 12.1. The largest absolute Gasteiger partial charge is 0.450 e. The lowest BCUT2D eigenvalue weighted by Gasteiger charge is -2.12. The molecular formula is C18H16FN3O3. The highest BCUT2D eigenvalue weighted by molar-refractivity contribution is 6.19. The third kappa shape index (κ3) is 3.65. The van der Waals surface area contributed by atoms with Crippen LogP contribution in [0.25, 0.3) is 0 Å². The van der Waals surface area contributed by atoms with Gasteiger partial charge >= 0.3 is 6.09 Å². The zero-order chi connectivity index (χ0) is 17.8. The molecule has 128 valence electrons. The zero-order valence-corrected chi connectivity index (χ0v) is 13.5. The maximum absolute atomic E-state index is 13.2. The minimum atomic E-state index is -1.16. The quantitative estimate of drug-likeness (QED) is 0.901. The highest BCUT2D eigenvalue weighted by atomic mass is 19.1. The number of amides is 2. The van der Waals surface area contributed by atoms with E-state index in [9.17, 15) is 14.0 Å². The third-order valence-electron chi connectivity index (χ3n) is 3.59. The molecule has 1 aliphatic heterocycles. The van der Waals surface area contributed by atoms with Crippen molar-refractivity contribution in [3.8, 4) is 0 Å². The van der Waals surface area contributed by atoms with E-state index < -0.39 is 18.2 Å². The number of halogens is 1. The molecule has 2 aromatic rings. The molecule has 0 radical (unpaired) electrons. The van der Waals surface area contributed by atoms with E-state index in [1.165, 1.54) is 12.1 Å². The number of hydrogen-bond acceptors (Lipinski definition) is 4. The molecule has 0 aliphatic carbocycles. The number of carbonyl (C=O) groups is 2. The molecule has 0 aromatic heterocycles. The fraction of sp³-hybridized carbons (Fsp3) is 0.167. The van der Waals surface area contributed by atoms with Gasteiger partial charge < -0.3 is 10.1 Å². The van der Waals surface area contributed by atoms with Gasteiger partial charge in [-0.15, -0.1) is 0 Å². The number of anilines is 1. The molecule has 0 saturated heterocycles. The number of fused-ring (bicyclic) bond motifs is 1. The molecule has 1 unspecified atom stereocenters. The summed E-state index contributed by atoms with van der Waals surface area (Å²) < 4.78 is 18.1. The van der Waals surface area contributed by atoms with Gasteiger partial charge in [0.15, 0.2) is 0 Å². The minimum absolute atomic E-state index is 0.176. The fourth-order valence-electron chi connectivity index (χ4n) is 2.48. The predicted molar refractivity (Wildman–Crippen MR) is 91.1 cm³/mol. The molecule has 2 N–H and O–H groups in total. The van der Waals surface area contributed by atoms with Crippen molar-refractivity contribution in [3.05, 3.63) is 65.5 Å². The van der Waals surface area contributed by atoms with Crippen LogP contribution in [0.5, 0.6) is 0 Å². The van der Waals surface area contributed by atoms with Gasteiger partial charge in [0.25, 0.3) is 5.91 Å². The van der Waals surface area contributed by atoms with E-state index in [1.54, 1.807) is 37.3 Å². The fourth-order valence-corrected chi connectivity index (χ4v) is 2.48. The van der Waals surface area contributed by atoms with Gasteiger partial charge in [0.05, 0.1) is 18.0 Å². The van der Waals surface area contributed by atoms with Gasteiger partial charge in [-0.3, -0.25) is 10.1 Å². The summed E-state index contributed by atoms with van der Waals surface area (Å²) in [6.07, 6.45) is -1.90. The second-order valence-electron chi connectivity index (χ2n) is 5.29. The molecule has 0 bridgehead atoms. The number of benzodiazepines with no additional fused rings is 1. The van der Waals surface area contributed by atoms with Crippen LogP contribution in [0.15, 0.2) is 53.5 Å². The molecule has 1 heterocycles. The summed E-state index contributed by atoms with van der Waals surface area (Å²) in [5.41, 5.74) is 2.33. The van der Waals surface area contributed by atoms with E-state index in [0.717, 1.165) is 0 Å². The number of rotatable bonds is 3. The molecule has 0 spiro atoms. The zero-order valence-electron chi connectivity index (χ0n) is 13.5. The highest BCUT2D eigenvalue weighted by Crippen LogP contribution is 2.23. The van der Waals surface area contributed by atoms with Crippen LogP contribution in [0.2, 0.25) is 0 Å². The molecule has 0 saturated carbocycles. The molecule has 1 aliphatic rings. The molecule has 3 rings (SSSR count). The topological polar surface area (TPSA) is 79.8 Å². The number of hydrogen-bond donors (Lipinski definition) is 2. The van der Waals surface area contributed by atoms with Gasteiger partial charge in [-0.05, 0) is 37.3 Å². The van der Waals surface area contributed by atoms with Crippen LogP contribution in [0.1, 0.15) is 18.1 Å². The lowest BCUT2D eigenvalue weighted by Crippen LogP contribution is -2.42. The average molecular weight is 341 g/mol. The molecule has 2 amide bonds. The summed E-state index contributed by atoms with van der Waals surface area (Å²) in [5.74, 6) is -0.862. The van der Waals surface area contributed by atoms with Crippen LogP contribution in [-0.2, 0) is 9.53 Å². The lowest BCUT2D eigenvalue weighted by atomic mass is 10.0. The van der Waals surface area contributed by atoms with Crippen molar-refractivity contribution in [1.29, 1.82) is 0 Å². The first-order valence-corrected chi connectivity index (χ1v) is 7.76. The maximum Gasteiger partial charge on any atom is 0.409 e. The number of aliphatic imine (C=N–C) groups is 1. The predicted octanol–water partition coefficient (Wildman–Crippen LogP) is 2.69. The average Bonchev–Trinajstić information content (AvgIpc) is 2.73. The van der Waals surface area contributed by atoms with Gasteiger partial charge in [-0.25, -0.2) is 14.2 Å². The monoisotopic (exact) mass is 341 g/mol. The third-order valence-corrected chi connectivity index (χ3v) is 3.59. The molecule has 2 aromatic carbocycles. The van der Waals surface area contributed by atoms with Crippen molar-refractivity contribution >= 4 is 23.4 Å². The maximum atomic E-state index is 13.2. The standard InChI is InChI=1S/C18H16FN3O3/c1-2-25-18(24)22-16-17(23)20-14-6-4-3-5-13(14)15(21-16)11-7-9-12(19)10-8-11/h3-10,16H,2H2,1H3,(H,20,23)(H,22,24). The molecule has 0 fully saturated rings. The number of benzene rings is 2. The lowest BCUT2D eigenvalue weighted by molar-refractivity contribution is -0.117. The van der Waals surface area contributed by atoms with E-state index in [4.69, 9.17) is 4.74 Å². The van der Waals surface area contributed by atoms with E-state index in [1.807, 2.05) is 6.07 Å². The molecular weight excluding hydrogens is 325 g/mol. The normalized spacial score (nSPS) is 16.2. The van der Waals surface area contributed by atoms with Crippen molar-refractivity contribution in [2.75, 3.05) is 11.9 Å². The summed E-state index contributed by atoms with van der Waals surface area (Å²) in [7, 11) is 0. The Balaban J connectivity index is 2.06. The van der Waals surface area contributed by atoms with Crippen LogP contribution >= 0.6 is 0 Å². The van der Waals surface area contributed by atoms with E-state index >= 15 is 0 Å². The van der Waals surface area contributed by atoms with Crippen LogP contribution in [0.3, 0.4) is 0 Å². The van der Waals surface area contributed by atoms with Crippen molar-refractivity contribution in [2.24, 2.45) is 4.99 Å². The van der Waals surface area contributed by atoms with Gasteiger partial charge in [0.2, 0.25) is 6.17 Å². The minimum Gasteiger partial charge on any atom is -0.450 e. The van der Waals surface area contributed by atoms with Gasteiger partial charge in [0, 0.05) is 11.1 Å². The number of ether oxygens (including phenoxy) is 1. The Morgan fingerprint density at radius 3 is 2.68 bits per heavy atom. The Morgan fingerprint density at radius 2 is 1.96 bits per heavy atom. The number of nitrogens with zero attached hydrogens (tertiary/aromatic N) is 1. The van der Waals surface area contributed by atoms with Gasteiger partial charge in [-0.2, -0.15) is 0 Å². The summed E-state index contributed by atoms with van der Waals surface area (Å²) in [6.45, 7) is 1.84. The van der Waals surface area contributed by atoms with Crippen molar-refractivity contribution in [3.63, 3.8) is 0 Å². The summed E-state index contributed by atoms with van der Waals surface area (Å²) in [6, 6.07) is 12.9. The van der Waals surface area contributed by atoms with Gasteiger partial charge in [0.1, 0.15) is 5.82 Å². The highest BCUT2D eigenvalue weighted by Gasteiger charge is 2.27. The second-order valence-corrected chi connectivity index (χ2v) is 5.29. The smallest absolute Gasteiger partial charge is 0.409 e. The summed E-state index contributed by atoms with van der Waals surface area (Å²) >= 11 is 0. The Labute approximate surface area is 143 Å². The Kier molecular flexibility index (Phi) is 4.74. The number of para-hydroxylation sites is 1. The van der Waals surface area contributed by atoms with E-state index in [0.29, 0.717) is 22.5 Å². The van der Waals surface area contributed by atoms with Crippen molar-refractivity contribution in [2.45, 2.75) is 13.1 Å². The van der Waals surface area contributed by atoms with Crippen molar-refractivity contribution in [1.82, 2.24) is 5.32 Å². The molecule has 6 nitrogen and oxygen atoms in total. The molecule has 1 atom stereocenters. The first kappa shape index (κ1) is 16.6. The Hall–Kier alpha value is -3.22. The van der Waals surface area contributed by atoms with E-state index in [2.05, 4.69) is 15.6 Å². The second kappa shape index (κ2) is 7.12. The Bertz CT molecular complexity index is 834.